The van der Waals surface area contributed by atoms with Crippen molar-refractivity contribution in [3.63, 3.8) is 0 Å². The number of carbonyl (C=O) groups excluding carboxylic acids is 1. The van der Waals surface area contributed by atoms with E-state index in [1.165, 1.54) is 16.9 Å². The lowest BCUT2D eigenvalue weighted by Gasteiger charge is -2.32. The van der Waals surface area contributed by atoms with Gasteiger partial charge in [0.2, 0.25) is 11.9 Å². The summed E-state index contributed by atoms with van der Waals surface area (Å²) in [5.41, 5.74) is 3.81. The maximum atomic E-state index is 12.8. The van der Waals surface area contributed by atoms with E-state index in [0.29, 0.717) is 23.7 Å². The van der Waals surface area contributed by atoms with Crippen molar-refractivity contribution in [2.24, 2.45) is 5.92 Å². The Hall–Kier alpha value is -2.97. The Morgan fingerprint density at radius 1 is 1.25 bits per heavy atom. The van der Waals surface area contributed by atoms with Gasteiger partial charge in [-0.3, -0.25) is 14.6 Å². The summed E-state index contributed by atoms with van der Waals surface area (Å²) in [6.45, 7) is 3.94. The highest BCUT2D eigenvalue weighted by atomic mass is 32.1. The van der Waals surface area contributed by atoms with E-state index in [1.807, 2.05) is 27.8 Å². The average molecular weight is 465 g/mol. The van der Waals surface area contributed by atoms with Crippen molar-refractivity contribution in [3.8, 4) is 11.1 Å². The number of H-pyrrole nitrogens is 1. The smallest absolute Gasteiger partial charge is 0.270 e. The Balaban J connectivity index is 1.38. The largest absolute Gasteiger partial charge is 0.351 e. The van der Waals surface area contributed by atoms with Crippen LogP contribution in [0, 0.1) is 12.8 Å². The number of nitrogens with one attached hydrogen (secondary N) is 2. The number of nitrogens with zero attached hydrogens (tertiary/aromatic N) is 2. The standard InChI is InChI=1S/C24H24N4O2S2/c1-15-6-8-16(9-7-15)19-14-32-21-20(19)26-24(27-23(21)30)28-10-2-4-17(13-28)22(29)25-12-18-5-3-11-31-18/h3,5-9,11,14,17H,2,4,10,12-13H2,1H3,(H,25,29)(H,26,27,30)/t17-/m0/s1. The summed E-state index contributed by atoms with van der Waals surface area (Å²) in [5.74, 6) is 0.483. The quantitative estimate of drug-likeness (QED) is 0.454. The third-order valence-corrected chi connectivity index (χ3v) is 7.73. The topological polar surface area (TPSA) is 78.1 Å². The normalized spacial score (nSPS) is 16.4. The highest BCUT2D eigenvalue weighted by Gasteiger charge is 2.27. The number of hydrogen-bond acceptors (Lipinski definition) is 6. The van der Waals surface area contributed by atoms with Gasteiger partial charge in [-0.15, -0.1) is 22.7 Å². The molecule has 0 radical (unpaired) electrons. The molecule has 0 saturated carbocycles. The lowest BCUT2D eigenvalue weighted by molar-refractivity contribution is -0.125. The molecule has 0 spiro atoms. The number of benzene rings is 1. The third-order valence-electron chi connectivity index (χ3n) is 5.89. The van der Waals surface area contributed by atoms with Gasteiger partial charge in [-0.25, -0.2) is 4.98 Å². The van der Waals surface area contributed by atoms with Gasteiger partial charge in [-0.1, -0.05) is 35.9 Å². The van der Waals surface area contributed by atoms with Crippen molar-refractivity contribution < 1.29 is 4.79 Å². The van der Waals surface area contributed by atoms with Crippen molar-refractivity contribution in [3.05, 3.63) is 68.0 Å². The minimum atomic E-state index is -0.127. The van der Waals surface area contributed by atoms with E-state index in [4.69, 9.17) is 4.98 Å². The number of piperidine rings is 1. The van der Waals surface area contributed by atoms with Gasteiger partial charge in [0.1, 0.15) is 4.70 Å². The van der Waals surface area contributed by atoms with Crippen LogP contribution in [0.15, 0.2) is 52.0 Å². The zero-order chi connectivity index (χ0) is 22.1. The Morgan fingerprint density at radius 3 is 2.88 bits per heavy atom. The lowest BCUT2D eigenvalue weighted by Crippen LogP contribution is -2.43. The summed E-state index contributed by atoms with van der Waals surface area (Å²) >= 11 is 3.06. The van der Waals surface area contributed by atoms with Crippen LogP contribution >= 0.6 is 22.7 Å². The number of hydrogen-bond donors (Lipinski definition) is 2. The van der Waals surface area contributed by atoms with Crippen LogP contribution in [0.1, 0.15) is 23.3 Å². The molecule has 1 aliphatic rings. The Kier molecular flexibility index (Phi) is 5.80. The van der Waals surface area contributed by atoms with E-state index >= 15 is 0 Å². The van der Waals surface area contributed by atoms with Crippen LogP contribution in [-0.2, 0) is 11.3 Å². The van der Waals surface area contributed by atoms with Gasteiger partial charge in [-0.05, 0) is 36.8 Å². The molecule has 1 atom stereocenters. The van der Waals surface area contributed by atoms with Crippen molar-refractivity contribution in [2.45, 2.75) is 26.3 Å². The molecule has 1 aromatic carbocycles. The van der Waals surface area contributed by atoms with Gasteiger partial charge in [0.15, 0.2) is 0 Å². The van der Waals surface area contributed by atoms with Gasteiger partial charge < -0.3 is 10.2 Å². The number of aromatic nitrogens is 2. The fraction of sp³-hybridized carbons (Fsp3) is 0.292. The number of aryl methyl sites for hydroxylation is 1. The Labute approximate surface area is 193 Å². The molecule has 1 amide bonds. The van der Waals surface area contributed by atoms with E-state index < -0.39 is 0 Å². The van der Waals surface area contributed by atoms with Crippen molar-refractivity contribution in [1.82, 2.24) is 15.3 Å². The molecule has 3 aromatic heterocycles. The van der Waals surface area contributed by atoms with Gasteiger partial charge in [0.25, 0.3) is 5.56 Å². The van der Waals surface area contributed by atoms with Crippen LogP contribution in [0.25, 0.3) is 21.3 Å². The number of anilines is 1. The van der Waals surface area contributed by atoms with E-state index in [9.17, 15) is 9.59 Å². The molecule has 1 aliphatic heterocycles. The second-order valence-electron chi connectivity index (χ2n) is 8.17. The first-order chi connectivity index (χ1) is 15.6. The first-order valence-corrected chi connectivity index (χ1v) is 12.5. The monoisotopic (exact) mass is 464 g/mol. The summed E-state index contributed by atoms with van der Waals surface area (Å²) in [5, 5.41) is 7.06. The molecule has 4 heterocycles. The number of carbonyl (C=O) groups is 1. The molecule has 6 nitrogen and oxygen atoms in total. The van der Waals surface area contributed by atoms with Crippen LogP contribution in [-0.4, -0.2) is 29.0 Å². The van der Waals surface area contributed by atoms with Gasteiger partial charge in [0.05, 0.1) is 18.0 Å². The second-order valence-corrected chi connectivity index (χ2v) is 10.1. The first-order valence-electron chi connectivity index (χ1n) is 10.7. The number of aromatic amines is 1. The lowest BCUT2D eigenvalue weighted by atomic mass is 9.97. The van der Waals surface area contributed by atoms with Gasteiger partial charge >= 0.3 is 0 Å². The maximum Gasteiger partial charge on any atom is 0.270 e. The zero-order valence-electron chi connectivity index (χ0n) is 17.8. The minimum absolute atomic E-state index is 0.0578. The molecular weight excluding hydrogens is 440 g/mol. The summed E-state index contributed by atoms with van der Waals surface area (Å²) in [7, 11) is 0. The van der Waals surface area contributed by atoms with Crippen molar-refractivity contribution in [2.75, 3.05) is 18.0 Å². The SMILES string of the molecule is Cc1ccc(-c2csc3c(=O)[nH]c(N4CCC[C@H](C(=O)NCc5cccs5)C4)nc23)cc1. The number of amides is 1. The molecule has 5 rings (SSSR count). The molecule has 2 N–H and O–H groups in total. The second kappa shape index (κ2) is 8.88. The van der Waals surface area contributed by atoms with E-state index in [1.54, 1.807) is 11.3 Å². The molecule has 1 saturated heterocycles. The minimum Gasteiger partial charge on any atom is -0.351 e. The van der Waals surface area contributed by atoms with E-state index in [-0.39, 0.29) is 17.4 Å². The van der Waals surface area contributed by atoms with E-state index in [2.05, 4.69) is 41.5 Å². The van der Waals surface area contributed by atoms with Crippen LogP contribution in [0.5, 0.6) is 0 Å². The zero-order valence-corrected chi connectivity index (χ0v) is 19.4. The van der Waals surface area contributed by atoms with Crippen LogP contribution in [0.2, 0.25) is 0 Å². The van der Waals surface area contributed by atoms with Gasteiger partial charge in [-0.2, -0.15) is 0 Å². The molecule has 32 heavy (non-hydrogen) atoms. The predicted molar refractivity (Wildman–Crippen MR) is 132 cm³/mol. The summed E-state index contributed by atoms with van der Waals surface area (Å²) in [6.07, 6.45) is 1.72. The summed E-state index contributed by atoms with van der Waals surface area (Å²) < 4.78 is 0.631. The fourth-order valence-electron chi connectivity index (χ4n) is 4.12. The molecular formula is C24H24N4O2S2. The molecule has 0 aliphatic carbocycles. The Morgan fingerprint density at radius 2 is 2.09 bits per heavy atom. The number of thiophene rings is 2. The Bertz CT molecular complexity index is 1290. The first kappa shape index (κ1) is 20.9. The molecule has 0 unspecified atom stereocenters. The fourth-order valence-corrected chi connectivity index (χ4v) is 5.67. The highest BCUT2D eigenvalue weighted by Crippen LogP contribution is 2.32. The van der Waals surface area contributed by atoms with Crippen molar-refractivity contribution in [1.29, 1.82) is 0 Å². The molecule has 8 heteroatoms. The van der Waals surface area contributed by atoms with Gasteiger partial charge in [0, 0.05) is 28.9 Å². The third kappa shape index (κ3) is 4.20. The number of rotatable bonds is 5. The van der Waals surface area contributed by atoms with Crippen LogP contribution in [0.4, 0.5) is 5.95 Å². The molecule has 4 aromatic rings. The average Bonchev–Trinajstić information content (AvgIpc) is 3.48. The van der Waals surface area contributed by atoms with E-state index in [0.717, 1.165) is 40.9 Å². The molecule has 164 valence electrons. The van der Waals surface area contributed by atoms with Crippen LogP contribution < -0.4 is 15.8 Å². The predicted octanol–water partition coefficient (Wildman–Crippen LogP) is 4.55. The number of fused-ring (bicyclic) bond motifs is 1. The molecule has 0 bridgehead atoms. The highest BCUT2D eigenvalue weighted by molar-refractivity contribution is 7.17. The maximum absolute atomic E-state index is 12.8. The van der Waals surface area contributed by atoms with Crippen molar-refractivity contribution >= 4 is 44.7 Å². The summed E-state index contributed by atoms with van der Waals surface area (Å²) in [6, 6.07) is 12.3. The van der Waals surface area contributed by atoms with Crippen LogP contribution in [0.3, 0.4) is 0 Å². The molecule has 1 fully saturated rings. The summed E-state index contributed by atoms with van der Waals surface area (Å²) in [4.78, 5) is 36.5.